The molecule has 2 rings (SSSR count). The summed E-state index contributed by atoms with van der Waals surface area (Å²) in [6.45, 7) is 2.01. The van der Waals surface area contributed by atoms with Crippen molar-refractivity contribution in [3.63, 3.8) is 0 Å². The predicted molar refractivity (Wildman–Crippen MR) is 61.6 cm³/mol. The van der Waals surface area contributed by atoms with Gasteiger partial charge in [0.25, 0.3) is 0 Å². The van der Waals surface area contributed by atoms with E-state index in [2.05, 4.69) is 12.1 Å². The van der Waals surface area contributed by atoms with Crippen LogP contribution >= 0.6 is 0 Å². The van der Waals surface area contributed by atoms with Gasteiger partial charge in [0.2, 0.25) is 0 Å². The number of ether oxygens (including phenoxy) is 1. The summed E-state index contributed by atoms with van der Waals surface area (Å²) in [5, 5.41) is 0. The summed E-state index contributed by atoms with van der Waals surface area (Å²) in [6, 6.07) is 10.3. The van der Waals surface area contributed by atoms with E-state index < -0.39 is 0 Å². The fraction of sp³-hybridized carbons (Fsp3) is 0.538. The second-order valence-electron chi connectivity index (χ2n) is 4.38. The largest absolute Gasteiger partial charge is 0.369 e. The van der Waals surface area contributed by atoms with Crippen LogP contribution in [0.15, 0.2) is 30.3 Å². The summed E-state index contributed by atoms with van der Waals surface area (Å²) in [4.78, 5) is 0. The zero-order valence-corrected chi connectivity index (χ0v) is 9.23. The van der Waals surface area contributed by atoms with Crippen molar-refractivity contribution in [3.8, 4) is 0 Å². The van der Waals surface area contributed by atoms with Crippen LogP contribution in [-0.4, -0.2) is 12.1 Å². The molecule has 2 N–H and O–H groups in total. The summed E-state index contributed by atoms with van der Waals surface area (Å²) in [5.74, 6) is 0. The molecule has 2 unspecified atom stereocenters. The van der Waals surface area contributed by atoms with Crippen molar-refractivity contribution in [1.29, 1.82) is 0 Å². The minimum absolute atomic E-state index is 0.0491. The lowest BCUT2D eigenvalue weighted by molar-refractivity contribution is -0.0611. The topological polar surface area (TPSA) is 35.2 Å². The highest BCUT2D eigenvalue weighted by Crippen LogP contribution is 2.30. The maximum absolute atomic E-state index is 6.01. The zero-order chi connectivity index (χ0) is 10.7. The molecule has 1 aliphatic carbocycles. The van der Waals surface area contributed by atoms with Gasteiger partial charge in [0, 0.05) is 6.04 Å². The fourth-order valence-electron chi connectivity index (χ4n) is 1.86. The van der Waals surface area contributed by atoms with Gasteiger partial charge in [-0.15, -0.1) is 0 Å². The van der Waals surface area contributed by atoms with Crippen molar-refractivity contribution >= 4 is 0 Å². The van der Waals surface area contributed by atoms with Crippen molar-refractivity contribution in [2.45, 2.75) is 44.4 Å². The Morgan fingerprint density at radius 1 is 1.27 bits per heavy atom. The summed E-state index contributed by atoms with van der Waals surface area (Å²) >= 11 is 0. The van der Waals surface area contributed by atoms with Gasteiger partial charge in [0.05, 0.1) is 12.2 Å². The average molecular weight is 205 g/mol. The molecule has 15 heavy (non-hydrogen) atoms. The van der Waals surface area contributed by atoms with Crippen LogP contribution in [0.3, 0.4) is 0 Å². The zero-order valence-electron chi connectivity index (χ0n) is 9.23. The van der Waals surface area contributed by atoms with Gasteiger partial charge >= 0.3 is 0 Å². The quantitative estimate of drug-likeness (QED) is 0.820. The van der Waals surface area contributed by atoms with E-state index in [1.54, 1.807) is 0 Å². The second-order valence-corrected chi connectivity index (χ2v) is 4.38. The molecule has 0 aromatic heterocycles. The number of benzene rings is 1. The first-order valence-corrected chi connectivity index (χ1v) is 5.73. The lowest BCUT2D eigenvalue weighted by atomic mass is 9.95. The number of hydrogen-bond donors (Lipinski definition) is 1. The van der Waals surface area contributed by atoms with Crippen LogP contribution in [0.5, 0.6) is 0 Å². The van der Waals surface area contributed by atoms with E-state index in [0.29, 0.717) is 6.10 Å². The SMILES string of the molecule is CC(N)C(OC1CCC1)c1ccccc1. The molecule has 1 saturated carbocycles. The van der Waals surface area contributed by atoms with Crippen LogP contribution in [0.25, 0.3) is 0 Å². The van der Waals surface area contributed by atoms with Gasteiger partial charge in [-0.2, -0.15) is 0 Å². The van der Waals surface area contributed by atoms with Gasteiger partial charge in [0.1, 0.15) is 0 Å². The van der Waals surface area contributed by atoms with Crippen LogP contribution in [0.1, 0.15) is 37.9 Å². The highest BCUT2D eigenvalue weighted by Gasteiger charge is 2.25. The van der Waals surface area contributed by atoms with Crippen molar-refractivity contribution in [2.24, 2.45) is 5.73 Å². The number of nitrogens with two attached hydrogens (primary N) is 1. The molecule has 0 heterocycles. The van der Waals surface area contributed by atoms with Gasteiger partial charge in [-0.3, -0.25) is 0 Å². The molecule has 2 nitrogen and oxygen atoms in total. The fourth-order valence-corrected chi connectivity index (χ4v) is 1.86. The predicted octanol–water partition coefficient (Wildman–Crippen LogP) is 2.64. The number of hydrogen-bond acceptors (Lipinski definition) is 2. The summed E-state index contributed by atoms with van der Waals surface area (Å²) in [5.41, 5.74) is 7.16. The molecule has 82 valence electrons. The van der Waals surface area contributed by atoms with E-state index >= 15 is 0 Å². The Labute approximate surface area is 91.4 Å². The lowest BCUT2D eigenvalue weighted by Crippen LogP contribution is -2.33. The van der Waals surface area contributed by atoms with Crippen LogP contribution in [-0.2, 0) is 4.74 Å². The summed E-state index contributed by atoms with van der Waals surface area (Å²) < 4.78 is 6.01. The third kappa shape index (κ3) is 2.58. The molecule has 0 radical (unpaired) electrons. The Kier molecular flexibility index (Phi) is 3.39. The summed E-state index contributed by atoms with van der Waals surface area (Å²) in [6.07, 6.45) is 4.16. The summed E-state index contributed by atoms with van der Waals surface area (Å²) in [7, 11) is 0. The van der Waals surface area contributed by atoms with Crippen LogP contribution in [0, 0.1) is 0 Å². The van der Waals surface area contributed by atoms with Crippen molar-refractivity contribution in [3.05, 3.63) is 35.9 Å². The van der Waals surface area contributed by atoms with E-state index in [9.17, 15) is 0 Å². The Hall–Kier alpha value is -0.860. The standard InChI is InChI=1S/C13H19NO/c1-10(14)13(15-12-8-5-9-12)11-6-3-2-4-7-11/h2-4,6-7,10,12-13H,5,8-9,14H2,1H3. The molecular formula is C13H19NO. The molecule has 0 amide bonds. The van der Waals surface area contributed by atoms with Crippen molar-refractivity contribution < 1.29 is 4.74 Å². The van der Waals surface area contributed by atoms with Crippen LogP contribution < -0.4 is 5.73 Å². The molecule has 0 spiro atoms. The van der Waals surface area contributed by atoms with Gasteiger partial charge in [-0.05, 0) is 31.7 Å². The number of rotatable bonds is 4. The van der Waals surface area contributed by atoms with E-state index in [1.807, 2.05) is 25.1 Å². The lowest BCUT2D eigenvalue weighted by Gasteiger charge is -2.32. The van der Waals surface area contributed by atoms with Crippen LogP contribution in [0.4, 0.5) is 0 Å². The van der Waals surface area contributed by atoms with Gasteiger partial charge in [-0.25, -0.2) is 0 Å². The van der Waals surface area contributed by atoms with E-state index in [1.165, 1.54) is 24.8 Å². The van der Waals surface area contributed by atoms with Crippen molar-refractivity contribution in [2.75, 3.05) is 0 Å². The third-order valence-corrected chi connectivity index (χ3v) is 3.00. The molecule has 2 heteroatoms. The second kappa shape index (κ2) is 4.77. The molecule has 1 aromatic rings. The minimum Gasteiger partial charge on any atom is -0.369 e. The molecule has 1 aliphatic rings. The Balaban J connectivity index is 2.05. The molecule has 0 aliphatic heterocycles. The van der Waals surface area contributed by atoms with E-state index in [0.717, 1.165) is 0 Å². The van der Waals surface area contributed by atoms with Gasteiger partial charge < -0.3 is 10.5 Å². The molecule has 2 atom stereocenters. The smallest absolute Gasteiger partial charge is 0.0976 e. The highest BCUT2D eigenvalue weighted by molar-refractivity contribution is 5.19. The molecular weight excluding hydrogens is 186 g/mol. The first-order chi connectivity index (χ1) is 7.27. The molecule has 1 aromatic carbocycles. The minimum atomic E-state index is 0.0491. The van der Waals surface area contributed by atoms with Gasteiger partial charge in [-0.1, -0.05) is 30.3 Å². The Bertz CT molecular complexity index is 293. The van der Waals surface area contributed by atoms with Crippen molar-refractivity contribution in [1.82, 2.24) is 0 Å². The first kappa shape index (κ1) is 10.7. The highest BCUT2D eigenvalue weighted by atomic mass is 16.5. The van der Waals surface area contributed by atoms with Crippen LogP contribution in [0.2, 0.25) is 0 Å². The Morgan fingerprint density at radius 2 is 1.93 bits per heavy atom. The average Bonchev–Trinajstić information content (AvgIpc) is 2.17. The monoisotopic (exact) mass is 205 g/mol. The molecule has 0 bridgehead atoms. The maximum atomic E-state index is 6.01. The van der Waals surface area contributed by atoms with E-state index in [-0.39, 0.29) is 12.1 Å². The third-order valence-electron chi connectivity index (χ3n) is 3.00. The molecule has 0 saturated heterocycles. The van der Waals surface area contributed by atoms with E-state index in [4.69, 9.17) is 10.5 Å². The van der Waals surface area contributed by atoms with Gasteiger partial charge in [0.15, 0.2) is 0 Å². The maximum Gasteiger partial charge on any atom is 0.0976 e. The molecule has 1 fully saturated rings. The Morgan fingerprint density at radius 3 is 2.40 bits per heavy atom. The first-order valence-electron chi connectivity index (χ1n) is 5.73. The normalized spacial score (nSPS) is 20.7.